The average molecular weight is 394 g/mol. The number of aliphatic hydroxyl groups is 1. The monoisotopic (exact) mass is 394 g/mol. The highest BCUT2D eigenvalue weighted by molar-refractivity contribution is 5.80. The van der Waals surface area contributed by atoms with Crippen molar-refractivity contribution in [2.45, 2.75) is 13.0 Å². The predicted molar refractivity (Wildman–Crippen MR) is 106 cm³/mol. The minimum atomic E-state index is -0.265. The first-order valence-electron chi connectivity index (χ1n) is 9.11. The number of nitrogens with one attached hydrogen (secondary N) is 1. The van der Waals surface area contributed by atoms with E-state index in [4.69, 9.17) is 9.84 Å². The highest BCUT2D eigenvalue weighted by Gasteiger charge is 2.09. The van der Waals surface area contributed by atoms with Crippen LogP contribution in [-0.2, 0) is 6.54 Å². The largest absolute Gasteiger partial charge is 0.463 e. The molecule has 1 aromatic carbocycles. The third-order valence-corrected chi connectivity index (χ3v) is 4.23. The Bertz CT molecular complexity index is 1120. The van der Waals surface area contributed by atoms with E-state index in [9.17, 15) is 4.39 Å². The zero-order valence-corrected chi connectivity index (χ0v) is 15.5. The van der Waals surface area contributed by atoms with Crippen LogP contribution in [0, 0.1) is 5.82 Å². The van der Waals surface area contributed by atoms with E-state index in [1.807, 2.05) is 6.07 Å². The normalized spacial score (nSPS) is 11.0. The van der Waals surface area contributed by atoms with Crippen LogP contribution in [0.4, 0.5) is 16.0 Å². The van der Waals surface area contributed by atoms with Crippen LogP contribution >= 0.6 is 0 Å². The van der Waals surface area contributed by atoms with Crippen LogP contribution in [0.2, 0.25) is 0 Å². The Morgan fingerprint density at radius 2 is 2.00 bits per heavy atom. The van der Waals surface area contributed by atoms with Gasteiger partial charge in [-0.2, -0.15) is 10.1 Å². The van der Waals surface area contributed by atoms with Crippen molar-refractivity contribution in [2.24, 2.45) is 0 Å². The van der Waals surface area contributed by atoms with Crippen molar-refractivity contribution in [3.8, 4) is 6.01 Å². The van der Waals surface area contributed by atoms with Gasteiger partial charge in [0.15, 0.2) is 0 Å². The number of ether oxygens (including phenoxy) is 1. The smallest absolute Gasteiger partial charge is 0.318 e. The second-order valence-electron chi connectivity index (χ2n) is 6.30. The summed E-state index contributed by atoms with van der Waals surface area (Å²) in [7, 11) is 0. The van der Waals surface area contributed by atoms with Crippen molar-refractivity contribution in [3.05, 3.63) is 66.4 Å². The van der Waals surface area contributed by atoms with Gasteiger partial charge in [-0.1, -0.05) is 18.2 Å². The number of hydrogen-bond donors (Lipinski definition) is 2. The molecular formula is C20H19FN6O2. The number of aromatic nitrogens is 5. The van der Waals surface area contributed by atoms with Gasteiger partial charge in [-0.05, 0) is 12.1 Å². The van der Waals surface area contributed by atoms with Crippen LogP contribution in [0.3, 0.4) is 0 Å². The molecule has 3 aromatic heterocycles. The van der Waals surface area contributed by atoms with Gasteiger partial charge in [0, 0.05) is 42.4 Å². The number of pyridine rings is 1. The Hall–Kier alpha value is -3.59. The van der Waals surface area contributed by atoms with Gasteiger partial charge in [-0.25, -0.2) is 14.4 Å². The maximum atomic E-state index is 14.0. The summed E-state index contributed by atoms with van der Waals surface area (Å²) >= 11 is 0. The number of aliphatic hydroxyl groups excluding tert-OH is 1. The topological polar surface area (TPSA) is 98.0 Å². The van der Waals surface area contributed by atoms with E-state index in [-0.39, 0.29) is 18.4 Å². The van der Waals surface area contributed by atoms with Crippen molar-refractivity contribution in [2.75, 3.05) is 18.5 Å². The van der Waals surface area contributed by atoms with Gasteiger partial charge in [-0.3, -0.25) is 4.68 Å². The zero-order valence-electron chi connectivity index (χ0n) is 15.5. The fourth-order valence-corrected chi connectivity index (χ4v) is 2.79. The molecule has 0 aliphatic heterocycles. The standard InChI is InChI=1S/C20H19FN6O2/c21-16-5-2-1-4-14(16)13-27-17-10-19(23-11-15(17)12-24-27)25-18-6-7-22-20(26-18)29-9-3-8-28/h1-2,4-7,10-12,28H,3,8-9,13H2,(H,22,23,25,26). The zero-order chi connectivity index (χ0) is 20.1. The Labute approximate surface area is 166 Å². The maximum Gasteiger partial charge on any atom is 0.318 e. The molecule has 0 amide bonds. The summed E-state index contributed by atoms with van der Waals surface area (Å²) in [5.41, 5.74) is 1.38. The van der Waals surface area contributed by atoms with Gasteiger partial charge in [-0.15, -0.1) is 0 Å². The minimum Gasteiger partial charge on any atom is -0.463 e. The molecule has 29 heavy (non-hydrogen) atoms. The molecule has 0 aliphatic rings. The molecule has 4 rings (SSSR count). The molecule has 0 unspecified atom stereocenters. The predicted octanol–water partition coefficient (Wildman–Crippen LogP) is 2.91. The number of halogens is 1. The summed E-state index contributed by atoms with van der Waals surface area (Å²) < 4.78 is 21.1. The first-order valence-corrected chi connectivity index (χ1v) is 9.11. The van der Waals surface area contributed by atoms with E-state index in [2.05, 4.69) is 25.4 Å². The molecule has 2 N–H and O–H groups in total. The van der Waals surface area contributed by atoms with Crippen LogP contribution in [0.5, 0.6) is 6.01 Å². The average Bonchev–Trinajstić information content (AvgIpc) is 3.12. The summed E-state index contributed by atoms with van der Waals surface area (Å²) in [6.45, 7) is 0.692. The van der Waals surface area contributed by atoms with Crippen molar-refractivity contribution < 1.29 is 14.2 Å². The Balaban J connectivity index is 1.55. The molecule has 0 saturated carbocycles. The lowest BCUT2D eigenvalue weighted by Gasteiger charge is -2.08. The third-order valence-electron chi connectivity index (χ3n) is 4.23. The molecule has 0 fully saturated rings. The van der Waals surface area contributed by atoms with Crippen LogP contribution in [0.25, 0.3) is 10.9 Å². The molecule has 0 aliphatic carbocycles. The summed E-state index contributed by atoms with van der Waals surface area (Å²) in [4.78, 5) is 12.7. The second kappa shape index (κ2) is 8.61. The lowest BCUT2D eigenvalue weighted by atomic mass is 10.2. The lowest BCUT2D eigenvalue weighted by molar-refractivity contribution is 0.224. The molecule has 9 heteroatoms. The van der Waals surface area contributed by atoms with Gasteiger partial charge in [0.25, 0.3) is 0 Å². The van der Waals surface area contributed by atoms with E-state index in [0.29, 0.717) is 36.8 Å². The Morgan fingerprint density at radius 3 is 2.86 bits per heavy atom. The van der Waals surface area contributed by atoms with Crippen LogP contribution in [0.15, 0.2) is 55.0 Å². The van der Waals surface area contributed by atoms with E-state index in [1.54, 1.807) is 47.5 Å². The summed E-state index contributed by atoms with van der Waals surface area (Å²) in [5, 5.41) is 17.1. The molecule has 3 heterocycles. The van der Waals surface area contributed by atoms with Gasteiger partial charge >= 0.3 is 6.01 Å². The summed E-state index contributed by atoms with van der Waals surface area (Å²) in [6.07, 6.45) is 5.48. The first-order chi connectivity index (χ1) is 14.2. The lowest BCUT2D eigenvalue weighted by Crippen LogP contribution is -2.05. The first kappa shape index (κ1) is 18.8. The molecule has 0 radical (unpaired) electrons. The van der Waals surface area contributed by atoms with Gasteiger partial charge < -0.3 is 15.2 Å². The number of rotatable bonds is 8. The Kier molecular flexibility index (Phi) is 5.57. The highest BCUT2D eigenvalue weighted by atomic mass is 19.1. The summed E-state index contributed by atoms with van der Waals surface area (Å²) in [5.74, 6) is 0.817. The van der Waals surface area contributed by atoms with Crippen LogP contribution in [-0.4, -0.2) is 43.1 Å². The molecule has 0 bridgehead atoms. The van der Waals surface area contributed by atoms with Crippen LogP contribution in [0.1, 0.15) is 12.0 Å². The molecule has 0 spiro atoms. The number of hydrogen-bond acceptors (Lipinski definition) is 7. The summed E-state index contributed by atoms with van der Waals surface area (Å²) in [6, 6.07) is 10.4. The molecule has 0 atom stereocenters. The second-order valence-corrected chi connectivity index (χ2v) is 6.30. The Morgan fingerprint density at radius 1 is 1.10 bits per heavy atom. The highest BCUT2D eigenvalue weighted by Crippen LogP contribution is 2.21. The number of anilines is 2. The quantitative estimate of drug-likeness (QED) is 0.444. The van der Waals surface area contributed by atoms with E-state index < -0.39 is 0 Å². The molecule has 4 aromatic rings. The molecular weight excluding hydrogens is 375 g/mol. The maximum absolute atomic E-state index is 14.0. The van der Waals surface area contributed by atoms with E-state index >= 15 is 0 Å². The van der Waals surface area contributed by atoms with Crippen molar-refractivity contribution in [1.82, 2.24) is 24.7 Å². The van der Waals surface area contributed by atoms with Gasteiger partial charge in [0.2, 0.25) is 0 Å². The van der Waals surface area contributed by atoms with Crippen molar-refractivity contribution in [1.29, 1.82) is 0 Å². The van der Waals surface area contributed by atoms with Crippen molar-refractivity contribution >= 4 is 22.5 Å². The number of fused-ring (bicyclic) bond motifs is 1. The van der Waals surface area contributed by atoms with Crippen LogP contribution < -0.4 is 10.1 Å². The molecule has 8 nitrogen and oxygen atoms in total. The van der Waals surface area contributed by atoms with E-state index in [0.717, 1.165) is 10.9 Å². The van der Waals surface area contributed by atoms with E-state index in [1.165, 1.54) is 6.07 Å². The molecule has 148 valence electrons. The minimum absolute atomic E-state index is 0.0441. The third kappa shape index (κ3) is 4.46. The van der Waals surface area contributed by atoms with Crippen molar-refractivity contribution in [3.63, 3.8) is 0 Å². The molecule has 0 saturated heterocycles. The fraction of sp³-hybridized carbons (Fsp3) is 0.200. The SMILES string of the molecule is OCCCOc1nccc(Nc2cc3c(cn2)cnn3Cc2ccccc2F)n1. The fourth-order valence-electron chi connectivity index (χ4n) is 2.79. The van der Waals surface area contributed by atoms with Gasteiger partial charge in [0.1, 0.15) is 17.5 Å². The number of benzene rings is 1. The van der Waals surface area contributed by atoms with Gasteiger partial charge in [0.05, 0.1) is 24.9 Å². The number of nitrogens with zero attached hydrogens (tertiary/aromatic N) is 5.